The van der Waals surface area contributed by atoms with E-state index in [0.29, 0.717) is 0 Å². The fraction of sp³-hybridized carbons (Fsp3) is 0.125. The average molecular weight is 378 g/mol. The number of nitro benzene ring substituents is 1. The summed E-state index contributed by atoms with van der Waals surface area (Å²) < 4.78 is 36.5. The summed E-state index contributed by atoms with van der Waals surface area (Å²) in [6.07, 6.45) is -4.73. The minimum atomic E-state index is -4.73. The number of halogens is 5. The lowest BCUT2D eigenvalue weighted by Crippen LogP contribution is -2.16. The first-order valence-corrected chi connectivity index (χ1v) is 5.43. The lowest BCUT2D eigenvalue weighted by Gasteiger charge is -2.04. The number of benzene rings is 1. The summed E-state index contributed by atoms with van der Waals surface area (Å²) in [7, 11) is 0. The van der Waals surface area contributed by atoms with Crippen molar-refractivity contribution in [1.29, 1.82) is 0 Å². The highest BCUT2D eigenvalue weighted by atomic mass is 127. The van der Waals surface area contributed by atoms with Gasteiger partial charge < -0.3 is 0 Å². The molecule has 0 heterocycles. The second-order valence-corrected chi connectivity index (χ2v) is 4.31. The fourth-order valence-corrected chi connectivity index (χ4v) is 1.58. The zero-order chi connectivity index (χ0) is 13.2. The third kappa shape index (κ3) is 3.80. The molecule has 0 atom stereocenters. The van der Waals surface area contributed by atoms with Crippen LogP contribution in [0.3, 0.4) is 0 Å². The molecule has 1 aromatic carbocycles. The van der Waals surface area contributed by atoms with Gasteiger partial charge in [0.2, 0.25) is 5.17 Å². The number of non-ortho nitro benzene ring substituents is 1. The van der Waals surface area contributed by atoms with E-state index >= 15 is 0 Å². The van der Waals surface area contributed by atoms with E-state index in [9.17, 15) is 23.3 Å². The molecular weight excluding hydrogens is 375 g/mol. The second-order valence-electron chi connectivity index (χ2n) is 2.79. The maximum Gasteiger partial charge on any atom is 0.444 e. The molecule has 9 heteroatoms. The van der Waals surface area contributed by atoms with Crippen LogP contribution in [-0.4, -0.2) is 16.3 Å². The van der Waals surface area contributed by atoms with Crippen LogP contribution < -0.4 is 0 Å². The van der Waals surface area contributed by atoms with E-state index in [1.54, 1.807) is 22.6 Å². The fourth-order valence-electron chi connectivity index (χ4n) is 0.869. The Morgan fingerprint density at radius 2 is 2.06 bits per heavy atom. The Bertz CT molecular complexity index is 490. The third-order valence-corrected chi connectivity index (χ3v) is 2.76. The molecule has 0 radical (unpaired) electrons. The molecule has 0 fully saturated rings. The quantitative estimate of drug-likeness (QED) is 0.338. The number of rotatable bonds is 2. The zero-order valence-corrected chi connectivity index (χ0v) is 10.7. The Morgan fingerprint density at radius 3 is 2.47 bits per heavy atom. The Labute approximate surface area is 112 Å². The van der Waals surface area contributed by atoms with Crippen LogP contribution in [-0.2, 0) is 0 Å². The first-order chi connectivity index (χ1) is 7.71. The van der Waals surface area contributed by atoms with Crippen molar-refractivity contribution >= 4 is 50.7 Å². The number of hydrogen-bond donors (Lipinski definition) is 0. The van der Waals surface area contributed by atoms with Gasteiger partial charge in [0.25, 0.3) is 5.69 Å². The van der Waals surface area contributed by atoms with E-state index < -0.39 is 16.3 Å². The van der Waals surface area contributed by atoms with E-state index in [-0.39, 0.29) is 14.9 Å². The number of alkyl halides is 3. The topological polar surface area (TPSA) is 55.5 Å². The molecule has 0 saturated heterocycles. The standard InChI is InChI=1S/C8H3ClF3IN2O2/c9-7(8(10,11)12)14-6-2-1-4(15(16)17)3-5(6)13/h1-3H. The van der Waals surface area contributed by atoms with Gasteiger partial charge in [-0.05, 0) is 28.7 Å². The molecule has 0 unspecified atom stereocenters. The highest BCUT2D eigenvalue weighted by Crippen LogP contribution is 2.29. The van der Waals surface area contributed by atoms with Crippen molar-refractivity contribution in [3.8, 4) is 0 Å². The molecule has 0 aliphatic heterocycles. The van der Waals surface area contributed by atoms with Gasteiger partial charge in [-0.1, -0.05) is 11.6 Å². The van der Waals surface area contributed by atoms with Gasteiger partial charge in [-0.3, -0.25) is 10.1 Å². The van der Waals surface area contributed by atoms with Gasteiger partial charge >= 0.3 is 6.18 Å². The largest absolute Gasteiger partial charge is 0.444 e. The van der Waals surface area contributed by atoms with Gasteiger partial charge in [0.15, 0.2) is 0 Å². The van der Waals surface area contributed by atoms with Crippen LogP contribution in [0.4, 0.5) is 24.5 Å². The van der Waals surface area contributed by atoms with Crippen LogP contribution in [0.25, 0.3) is 0 Å². The number of aliphatic imine (C=N–C) groups is 1. The SMILES string of the molecule is O=[N+]([O-])c1ccc(N=C(Cl)C(F)(F)F)c(I)c1. The number of nitrogens with zero attached hydrogens (tertiary/aromatic N) is 2. The van der Waals surface area contributed by atoms with Crippen LogP contribution >= 0.6 is 34.2 Å². The summed E-state index contributed by atoms with van der Waals surface area (Å²) in [5, 5.41) is 8.88. The maximum absolute atomic E-state index is 12.1. The third-order valence-electron chi connectivity index (χ3n) is 1.59. The van der Waals surface area contributed by atoms with Gasteiger partial charge in [-0.15, -0.1) is 0 Å². The predicted molar refractivity (Wildman–Crippen MR) is 64.8 cm³/mol. The van der Waals surface area contributed by atoms with Gasteiger partial charge in [-0.25, -0.2) is 4.99 Å². The molecule has 0 spiro atoms. The average Bonchev–Trinajstić information content (AvgIpc) is 2.19. The van der Waals surface area contributed by atoms with Crippen LogP contribution in [0.2, 0.25) is 0 Å². The van der Waals surface area contributed by atoms with Gasteiger partial charge in [0, 0.05) is 15.7 Å². The second kappa shape index (κ2) is 5.17. The Kier molecular flexibility index (Phi) is 4.31. The van der Waals surface area contributed by atoms with Crippen LogP contribution in [0.1, 0.15) is 0 Å². The Balaban J connectivity index is 3.14. The van der Waals surface area contributed by atoms with E-state index in [2.05, 4.69) is 4.99 Å². The molecule has 1 aromatic rings. The summed E-state index contributed by atoms with van der Waals surface area (Å²) in [6.45, 7) is 0. The number of nitro groups is 1. The molecule has 17 heavy (non-hydrogen) atoms. The highest BCUT2D eigenvalue weighted by molar-refractivity contribution is 14.1. The van der Waals surface area contributed by atoms with Crippen molar-refractivity contribution in [2.45, 2.75) is 6.18 Å². The lowest BCUT2D eigenvalue weighted by molar-refractivity contribution is -0.384. The van der Waals surface area contributed by atoms with Crippen molar-refractivity contribution in [2.75, 3.05) is 0 Å². The van der Waals surface area contributed by atoms with E-state index in [0.717, 1.165) is 18.2 Å². The highest BCUT2D eigenvalue weighted by Gasteiger charge is 2.34. The Morgan fingerprint density at radius 1 is 1.47 bits per heavy atom. The van der Waals surface area contributed by atoms with Crippen LogP contribution in [0.15, 0.2) is 23.2 Å². The monoisotopic (exact) mass is 378 g/mol. The predicted octanol–water partition coefficient (Wildman–Crippen LogP) is 4.03. The van der Waals surface area contributed by atoms with Gasteiger partial charge in [0.05, 0.1) is 10.6 Å². The summed E-state index contributed by atoms with van der Waals surface area (Å²) in [5.41, 5.74) is -0.296. The van der Waals surface area contributed by atoms with Crippen LogP contribution in [0, 0.1) is 13.7 Å². The van der Waals surface area contributed by atoms with Crippen molar-refractivity contribution < 1.29 is 18.1 Å². The first kappa shape index (κ1) is 14.2. The molecule has 4 nitrogen and oxygen atoms in total. The van der Waals surface area contributed by atoms with E-state index in [4.69, 9.17) is 11.6 Å². The van der Waals surface area contributed by atoms with Gasteiger partial charge in [0.1, 0.15) is 0 Å². The van der Waals surface area contributed by atoms with E-state index in [1.807, 2.05) is 0 Å². The molecule has 0 amide bonds. The van der Waals surface area contributed by atoms with Crippen molar-refractivity contribution in [3.63, 3.8) is 0 Å². The number of hydrogen-bond acceptors (Lipinski definition) is 3. The van der Waals surface area contributed by atoms with Crippen LogP contribution in [0.5, 0.6) is 0 Å². The summed E-state index contributed by atoms with van der Waals surface area (Å²) >= 11 is 6.60. The molecule has 0 bridgehead atoms. The van der Waals surface area contributed by atoms with E-state index in [1.165, 1.54) is 0 Å². The molecule has 0 N–H and O–H groups in total. The van der Waals surface area contributed by atoms with Crippen molar-refractivity contribution in [3.05, 3.63) is 31.9 Å². The molecule has 0 saturated carbocycles. The lowest BCUT2D eigenvalue weighted by atomic mass is 10.3. The van der Waals surface area contributed by atoms with Gasteiger partial charge in [-0.2, -0.15) is 13.2 Å². The molecule has 92 valence electrons. The van der Waals surface area contributed by atoms with Crippen molar-refractivity contribution in [2.24, 2.45) is 4.99 Å². The molecule has 1 rings (SSSR count). The molecule has 0 aromatic heterocycles. The smallest absolute Gasteiger partial charge is 0.258 e. The summed E-state index contributed by atoms with van der Waals surface area (Å²) in [6, 6.07) is 3.27. The normalized spacial score (nSPS) is 12.6. The zero-order valence-electron chi connectivity index (χ0n) is 7.83. The maximum atomic E-state index is 12.1. The molecule has 0 aliphatic rings. The summed E-state index contributed by atoms with van der Waals surface area (Å²) in [4.78, 5) is 12.9. The summed E-state index contributed by atoms with van der Waals surface area (Å²) in [5.74, 6) is 0. The molecule has 0 aliphatic carbocycles. The first-order valence-electron chi connectivity index (χ1n) is 3.97. The van der Waals surface area contributed by atoms with Crippen molar-refractivity contribution in [1.82, 2.24) is 0 Å². The minimum absolute atomic E-state index is 0.0708. The Hall–Kier alpha value is -0.900. The molecular formula is C8H3ClF3IN2O2. The minimum Gasteiger partial charge on any atom is -0.258 e.